The zero-order valence-corrected chi connectivity index (χ0v) is 13.3. The highest BCUT2D eigenvalue weighted by atomic mass is 16.2. The molecule has 1 aliphatic carbocycles. The summed E-state index contributed by atoms with van der Waals surface area (Å²) < 4.78 is 0. The van der Waals surface area contributed by atoms with Crippen molar-refractivity contribution in [2.45, 2.75) is 83.3 Å². The molecule has 2 amide bonds. The van der Waals surface area contributed by atoms with Crippen LogP contribution in [0.15, 0.2) is 11.8 Å². The fourth-order valence-corrected chi connectivity index (χ4v) is 3.79. The van der Waals surface area contributed by atoms with Gasteiger partial charge in [-0.05, 0) is 66.2 Å². The first-order valence-corrected chi connectivity index (χ1v) is 7.80. The molecule has 0 atom stereocenters. The number of hydrogen-bond acceptors (Lipinski definition) is 2. The molecule has 3 N–H and O–H groups in total. The molecule has 1 saturated heterocycles. The number of allylic oxidation sites excluding steroid dienone is 1. The summed E-state index contributed by atoms with van der Waals surface area (Å²) in [6.45, 7) is 8.78. The Morgan fingerprint density at radius 1 is 1.15 bits per heavy atom. The first kappa shape index (κ1) is 15.4. The standard InChI is InChI=1S/C16H29N3O/c1-15(2)9-13(10-16(3,4)19-15)18-14(20)17-11-12-7-5-6-8-12/h11,13,19H,5-10H2,1-4H3,(H2,17,18,20). The molecule has 0 aromatic heterocycles. The normalized spacial score (nSPS) is 25.3. The second-order valence-electron chi connectivity index (χ2n) is 7.63. The van der Waals surface area contributed by atoms with Crippen molar-refractivity contribution >= 4 is 6.03 Å². The van der Waals surface area contributed by atoms with E-state index in [2.05, 4.69) is 43.6 Å². The molecule has 4 nitrogen and oxygen atoms in total. The molecule has 0 radical (unpaired) electrons. The van der Waals surface area contributed by atoms with Gasteiger partial charge in [0.1, 0.15) is 0 Å². The zero-order valence-electron chi connectivity index (χ0n) is 13.3. The van der Waals surface area contributed by atoms with Crippen molar-refractivity contribution < 1.29 is 4.79 Å². The topological polar surface area (TPSA) is 53.2 Å². The summed E-state index contributed by atoms with van der Waals surface area (Å²) in [6.07, 6.45) is 8.60. The molecule has 0 spiro atoms. The molecule has 1 aliphatic heterocycles. The van der Waals surface area contributed by atoms with Crippen LogP contribution in [-0.2, 0) is 0 Å². The second-order valence-corrected chi connectivity index (χ2v) is 7.63. The summed E-state index contributed by atoms with van der Waals surface area (Å²) >= 11 is 0. The highest BCUT2D eigenvalue weighted by molar-refractivity contribution is 5.75. The fourth-order valence-electron chi connectivity index (χ4n) is 3.79. The van der Waals surface area contributed by atoms with E-state index >= 15 is 0 Å². The minimum Gasteiger partial charge on any atom is -0.335 e. The number of amides is 2. The first-order chi connectivity index (χ1) is 9.26. The van der Waals surface area contributed by atoms with E-state index in [0.717, 1.165) is 25.7 Å². The summed E-state index contributed by atoms with van der Waals surface area (Å²) in [7, 11) is 0. The Hall–Kier alpha value is -1.03. The highest BCUT2D eigenvalue weighted by Crippen LogP contribution is 2.28. The van der Waals surface area contributed by atoms with E-state index in [0.29, 0.717) is 0 Å². The van der Waals surface area contributed by atoms with Crippen LogP contribution in [0.2, 0.25) is 0 Å². The van der Waals surface area contributed by atoms with Gasteiger partial charge in [-0.25, -0.2) is 4.79 Å². The molecular formula is C16H29N3O. The van der Waals surface area contributed by atoms with Crippen LogP contribution >= 0.6 is 0 Å². The average Bonchev–Trinajstić information content (AvgIpc) is 2.74. The molecule has 20 heavy (non-hydrogen) atoms. The van der Waals surface area contributed by atoms with Crippen molar-refractivity contribution in [3.05, 3.63) is 11.8 Å². The van der Waals surface area contributed by atoms with Crippen LogP contribution in [0, 0.1) is 0 Å². The van der Waals surface area contributed by atoms with Gasteiger partial charge < -0.3 is 16.0 Å². The van der Waals surface area contributed by atoms with E-state index in [9.17, 15) is 4.79 Å². The summed E-state index contributed by atoms with van der Waals surface area (Å²) in [4.78, 5) is 12.0. The van der Waals surface area contributed by atoms with Gasteiger partial charge in [0.25, 0.3) is 0 Å². The molecule has 2 aliphatic rings. The number of urea groups is 1. The summed E-state index contributed by atoms with van der Waals surface area (Å²) in [5, 5.41) is 9.64. The van der Waals surface area contributed by atoms with Crippen LogP contribution < -0.4 is 16.0 Å². The van der Waals surface area contributed by atoms with Crippen molar-refractivity contribution in [3.8, 4) is 0 Å². The van der Waals surface area contributed by atoms with Crippen LogP contribution in [0.1, 0.15) is 66.2 Å². The van der Waals surface area contributed by atoms with Gasteiger partial charge in [-0.2, -0.15) is 0 Å². The maximum absolute atomic E-state index is 12.0. The Labute approximate surface area is 122 Å². The molecule has 0 unspecified atom stereocenters. The maximum atomic E-state index is 12.0. The Balaban J connectivity index is 1.85. The van der Waals surface area contributed by atoms with Crippen LogP contribution in [0.3, 0.4) is 0 Å². The molecule has 0 aromatic carbocycles. The van der Waals surface area contributed by atoms with Crippen LogP contribution in [-0.4, -0.2) is 23.2 Å². The number of piperidine rings is 1. The third-order valence-electron chi connectivity index (χ3n) is 4.18. The number of rotatable bonds is 2. The Bertz CT molecular complexity index is 375. The lowest BCUT2D eigenvalue weighted by Crippen LogP contribution is -2.62. The molecule has 4 heteroatoms. The second kappa shape index (κ2) is 5.76. The molecule has 114 valence electrons. The monoisotopic (exact) mass is 279 g/mol. The summed E-state index contributed by atoms with van der Waals surface area (Å²) in [5.74, 6) is 0. The Morgan fingerprint density at radius 3 is 2.25 bits per heavy atom. The van der Waals surface area contributed by atoms with Crippen molar-refractivity contribution in [1.29, 1.82) is 0 Å². The van der Waals surface area contributed by atoms with Crippen molar-refractivity contribution in [1.82, 2.24) is 16.0 Å². The Morgan fingerprint density at radius 2 is 1.70 bits per heavy atom. The third kappa shape index (κ3) is 4.51. The largest absolute Gasteiger partial charge is 0.335 e. The van der Waals surface area contributed by atoms with Gasteiger partial charge in [0.2, 0.25) is 0 Å². The first-order valence-electron chi connectivity index (χ1n) is 7.80. The van der Waals surface area contributed by atoms with E-state index in [1.807, 2.05) is 6.20 Å². The van der Waals surface area contributed by atoms with Gasteiger partial charge in [0.05, 0.1) is 0 Å². The lowest BCUT2D eigenvalue weighted by atomic mass is 9.80. The van der Waals surface area contributed by atoms with E-state index in [4.69, 9.17) is 0 Å². The fraction of sp³-hybridized carbons (Fsp3) is 0.812. The van der Waals surface area contributed by atoms with Gasteiger partial charge in [-0.3, -0.25) is 0 Å². The van der Waals surface area contributed by atoms with Gasteiger partial charge >= 0.3 is 6.03 Å². The predicted octanol–water partition coefficient (Wildman–Crippen LogP) is 3.05. The number of carbonyl (C=O) groups is 1. The smallest absolute Gasteiger partial charge is 0.318 e. The minimum absolute atomic E-state index is 0.0591. The van der Waals surface area contributed by atoms with Crippen molar-refractivity contribution in [2.75, 3.05) is 0 Å². The highest BCUT2D eigenvalue weighted by Gasteiger charge is 2.38. The average molecular weight is 279 g/mol. The van der Waals surface area contributed by atoms with E-state index in [-0.39, 0.29) is 23.2 Å². The Kier molecular flexibility index (Phi) is 4.43. The van der Waals surface area contributed by atoms with Gasteiger partial charge in [-0.1, -0.05) is 5.57 Å². The van der Waals surface area contributed by atoms with E-state index in [1.165, 1.54) is 18.4 Å². The molecule has 0 bridgehead atoms. The number of hydrogen-bond donors (Lipinski definition) is 3. The molecule has 1 heterocycles. The van der Waals surface area contributed by atoms with Crippen LogP contribution in [0.4, 0.5) is 4.79 Å². The molecular weight excluding hydrogens is 250 g/mol. The van der Waals surface area contributed by atoms with E-state index < -0.39 is 0 Å². The quantitative estimate of drug-likeness (QED) is 0.727. The van der Waals surface area contributed by atoms with Gasteiger partial charge in [0, 0.05) is 23.3 Å². The van der Waals surface area contributed by atoms with Crippen molar-refractivity contribution in [3.63, 3.8) is 0 Å². The lowest BCUT2D eigenvalue weighted by molar-refractivity contribution is 0.148. The van der Waals surface area contributed by atoms with Crippen LogP contribution in [0.5, 0.6) is 0 Å². The van der Waals surface area contributed by atoms with Crippen LogP contribution in [0.25, 0.3) is 0 Å². The molecule has 2 fully saturated rings. The zero-order chi connectivity index (χ0) is 14.8. The number of carbonyl (C=O) groups excluding carboxylic acids is 1. The summed E-state index contributed by atoms with van der Waals surface area (Å²) in [5.41, 5.74) is 1.49. The van der Waals surface area contributed by atoms with Crippen molar-refractivity contribution in [2.24, 2.45) is 0 Å². The van der Waals surface area contributed by atoms with Gasteiger partial charge in [-0.15, -0.1) is 0 Å². The SMILES string of the molecule is CC1(C)CC(NC(=O)NC=C2CCCC2)CC(C)(C)N1. The minimum atomic E-state index is -0.0668. The number of nitrogens with one attached hydrogen (secondary N) is 3. The molecule has 1 saturated carbocycles. The molecule has 2 rings (SSSR count). The maximum Gasteiger partial charge on any atom is 0.318 e. The third-order valence-corrected chi connectivity index (χ3v) is 4.18. The van der Waals surface area contributed by atoms with E-state index in [1.54, 1.807) is 0 Å². The summed E-state index contributed by atoms with van der Waals surface area (Å²) in [6, 6.07) is 0.158. The molecule has 0 aromatic rings. The van der Waals surface area contributed by atoms with Gasteiger partial charge in [0.15, 0.2) is 0 Å². The predicted molar refractivity (Wildman–Crippen MR) is 82.5 cm³/mol. The lowest BCUT2D eigenvalue weighted by Gasteiger charge is -2.46.